The molecule has 21 heavy (non-hydrogen) atoms. The van der Waals surface area contributed by atoms with E-state index in [0.29, 0.717) is 4.90 Å². The van der Waals surface area contributed by atoms with Gasteiger partial charge in [-0.1, -0.05) is 18.2 Å². The van der Waals surface area contributed by atoms with E-state index in [2.05, 4.69) is 16.2 Å². The molecule has 4 nitrogen and oxygen atoms in total. The van der Waals surface area contributed by atoms with Gasteiger partial charge in [-0.2, -0.15) is 0 Å². The Labute approximate surface area is 131 Å². The summed E-state index contributed by atoms with van der Waals surface area (Å²) in [5.74, 6) is 0. The molecule has 1 aromatic rings. The molecule has 1 aliphatic heterocycles. The zero-order chi connectivity index (χ0) is 15.3. The van der Waals surface area contributed by atoms with Crippen molar-refractivity contribution in [2.24, 2.45) is 0 Å². The lowest BCUT2D eigenvalue weighted by molar-refractivity contribution is 0.226. The summed E-state index contributed by atoms with van der Waals surface area (Å²) in [4.78, 5) is 3.45. The first kappa shape index (κ1) is 16.5. The fraction of sp³-hybridized carbons (Fsp3) is 0.467. The Bertz CT molecular complexity index is 579. The van der Waals surface area contributed by atoms with Crippen LogP contribution in [0.25, 0.3) is 0 Å². The van der Waals surface area contributed by atoms with Gasteiger partial charge in [-0.3, -0.25) is 4.90 Å². The first-order valence-corrected chi connectivity index (χ1v) is 9.76. The molecule has 116 valence electrons. The number of nitrogens with zero attached hydrogens (tertiary/aromatic N) is 1. The number of hydrogen-bond acceptors (Lipinski definition) is 4. The number of hydrogen-bond donors (Lipinski definition) is 1. The second-order valence-corrected chi connectivity index (χ2v) is 7.67. The van der Waals surface area contributed by atoms with E-state index >= 15 is 0 Å². The predicted octanol–water partition coefficient (Wildman–Crippen LogP) is 2.34. The van der Waals surface area contributed by atoms with E-state index in [4.69, 9.17) is 0 Å². The summed E-state index contributed by atoms with van der Waals surface area (Å²) in [6.45, 7) is 6.42. The summed E-state index contributed by atoms with van der Waals surface area (Å²) in [6, 6.07) is 7.15. The van der Waals surface area contributed by atoms with Gasteiger partial charge in [-0.25, -0.2) is 13.1 Å². The molecule has 0 unspecified atom stereocenters. The number of benzene rings is 1. The van der Waals surface area contributed by atoms with Crippen LogP contribution in [-0.4, -0.2) is 45.2 Å². The monoisotopic (exact) mass is 326 g/mol. The molecule has 0 aromatic heterocycles. The topological polar surface area (TPSA) is 49.4 Å². The van der Waals surface area contributed by atoms with Crippen LogP contribution in [0.15, 0.2) is 46.7 Å². The molecule has 0 bridgehead atoms. The van der Waals surface area contributed by atoms with E-state index in [0.717, 1.165) is 37.4 Å². The van der Waals surface area contributed by atoms with E-state index in [1.165, 1.54) is 11.8 Å². The Morgan fingerprint density at radius 1 is 1.38 bits per heavy atom. The number of nitrogens with one attached hydrogen (secondary N) is 1. The van der Waals surface area contributed by atoms with E-state index in [1.54, 1.807) is 12.1 Å². The minimum atomic E-state index is -3.44. The second-order valence-electron chi connectivity index (χ2n) is 5.14. The summed E-state index contributed by atoms with van der Waals surface area (Å²) >= 11 is 1.45. The number of likely N-dealkylation sites (tertiary alicyclic amines) is 1. The van der Waals surface area contributed by atoms with Gasteiger partial charge in [0.2, 0.25) is 10.0 Å². The molecule has 1 aromatic carbocycles. The van der Waals surface area contributed by atoms with Crippen LogP contribution in [0.1, 0.15) is 12.8 Å². The van der Waals surface area contributed by atoms with Crippen molar-refractivity contribution in [3.8, 4) is 0 Å². The van der Waals surface area contributed by atoms with Crippen LogP contribution in [0.2, 0.25) is 0 Å². The Morgan fingerprint density at radius 3 is 2.67 bits per heavy atom. The van der Waals surface area contributed by atoms with Crippen molar-refractivity contribution >= 4 is 21.8 Å². The highest BCUT2D eigenvalue weighted by Gasteiger charge is 2.25. The molecule has 1 N–H and O–H groups in total. The molecule has 0 atom stereocenters. The van der Waals surface area contributed by atoms with Gasteiger partial charge in [-0.05, 0) is 44.3 Å². The molecule has 1 aliphatic rings. The van der Waals surface area contributed by atoms with Crippen LogP contribution in [0.4, 0.5) is 0 Å². The van der Waals surface area contributed by atoms with E-state index in [1.807, 2.05) is 24.5 Å². The molecular weight excluding hydrogens is 304 g/mol. The average Bonchev–Trinajstić information content (AvgIpc) is 2.49. The van der Waals surface area contributed by atoms with Gasteiger partial charge in [0, 0.05) is 17.5 Å². The second kappa shape index (κ2) is 7.45. The van der Waals surface area contributed by atoms with E-state index in [9.17, 15) is 8.42 Å². The molecule has 2 rings (SSSR count). The maximum Gasteiger partial charge on any atom is 0.241 e. The maximum atomic E-state index is 12.5. The number of rotatable bonds is 6. The lowest BCUT2D eigenvalue weighted by Gasteiger charge is -2.31. The van der Waals surface area contributed by atoms with Crippen LogP contribution in [0.3, 0.4) is 0 Å². The SMILES string of the molecule is C=CCN1CCC(NS(=O)(=O)c2ccccc2SC)CC1. The predicted molar refractivity (Wildman–Crippen MR) is 88.2 cm³/mol. The third-order valence-electron chi connectivity index (χ3n) is 3.66. The number of piperidine rings is 1. The highest BCUT2D eigenvalue weighted by molar-refractivity contribution is 7.99. The van der Waals surface area contributed by atoms with Crippen molar-refractivity contribution < 1.29 is 8.42 Å². The van der Waals surface area contributed by atoms with Gasteiger partial charge in [0.1, 0.15) is 0 Å². The number of sulfonamides is 1. The molecule has 6 heteroatoms. The first-order valence-electron chi connectivity index (χ1n) is 7.05. The van der Waals surface area contributed by atoms with Crippen LogP contribution in [-0.2, 0) is 10.0 Å². The Hall–Kier alpha value is -0.820. The van der Waals surface area contributed by atoms with Crippen molar-refractivity contribution in [1.29, 1.82) is 0 Å². The van der Waals surface area contributed by atoms with Crippen LogP contribution >= 0.6 is 11.8 Å². The maximum absolute atomic E-state index is 12.5. The van der Waals surface area contributed by atoms with Crippen molar-refractivity contribution in [2.45, 2.75) is 28.7 Å². The van der Waals surface area contributed by atoms with Crippen molar-refractivity contribution in [2.75, 3.05) is 25.9 Å². The molecule has 0 radical (unpaired) electrons. The molecule has 0 saturated carbocycles. The largest absolute Gasteiger partial charge is 0.300 e. The minimum Gasteiger partial charge on any atom is -0.300 e. The van der Waals surface area contributed by atoms with Gasteiger partial charge in [0.25, 0.3) is 0 Å². The summed E-state index contributed by atoms with van der Waals surface area (Å²) in [7, 11) is -3.44. The standard InChI is InChI=1S/C15H22N2O2S2/c1-3-10-17-11-8-13(9-12-17)16-21(18,19)15-7-5-4-6-14(15)20-2/h3-7,13,16H,1,8-12H2,2H3. The molecule has 0 amide bonds. The lowest BCUT2D eigenvalue weighted by Crippen LogP contribution is -2.44. The Kier molecular flexibility index (Phi) is 5.87. The third kappa shape index (κ3) is 4.32. The van der Waals surface area contributed by atoms with Crippen molar-refractivity contribution in [3.05, 3.63) is 36.9 Å². The summed E-state index contributed by atoms with van der Waals surface area (Å²) < 4.78 is 27.9. The van der Waals surface area contributed by atoms with Crippen LogP contribution in [0, 0.1) is 0 Å². The van der Waals surface area contributed by atoms with Gasteiger partial charge in [0.15, 0.2) is 0 Å². The lowest BCUT2D eigenvalue weighted by atomic mass is 10.1. The zero-order valence-electron chi connectivity index (χ0n) is 12.3. The average molecular weight is 326 g/mol. The van der Waals surface area contributed by atoms with Crippen molar-refractivity contribution in [1.82, 2.24) is 9.62 Å². The Morgan fingerprint density at radius 2 is 2.05 bits per heavy atom. The first-order chi connectivity index (χ1) is 10.1. The molecule has 0 aliphatic carbocycles. The number of thioether (sulfide) groups is 1. The normalized spacial score (nSPS) is 17.8. The summed E-state index contributed by atoms with van der Waals surface area (Å²) in [5, 5.41) is 0. The fourth-order valence-corrected chi connectivity index (χ4v) is 4.99. The molecule has 1 saturated heterocycles. The van der Waals surface area contributed by atoms with Gasteiger partial charge in [-0.15, -0.1) is 18.3 Å². The van der Waals surface area contributed by atoms with Crippen LogP contribution < -0.4 is 4.72 Å². The van der Waals surface area contributed by atoms with Crippen LogP contribution in [0.5, 0.6) is 0 Å². The third-order valence-corrected chi connectivity index (χ3v) is 6.16. The quantitative estimate of drug-likeness (QED) is 0.644. The minimum absolute atomic E-state index is 0.0194. The summed E-state index contributed by atoms with van der Waals surface area (Å²) in [6.07, 6.45) is 5.46. The Balaban J connectivity index is 2.04. The highest BCUT2D eigenvalue weighted by atomic mass is 32.2. The van der Waals surface area contributed by atoms with E-state index in [-0.39, 0.29) is 6.04 Å². The van der Waals surface area contributed by atoms with E-state index < -0.39 is 10.0 Å². The molecule has 1 heterocycles. The van der Waals surface area contributed by atoms with Gasteiger partial charge >= 0.3 is 0 Å². The highest BCUT2D eigenvalue weighted by Crippen LogP contribution is 2.25. The molecule has 0 spiro atoms. The fourth-order valence-electron chi connectivity index (χ4n) is 2.54. The molecular formula is C15H22N2O2S2. The van der Waals surface area contributed by atoms with Gasteiger partial charge < -0.3 is 0 Å². The molecule has 1 fully saturated rings. The zero-order valence-corrected chi connectivity index (χ0v) is 13.9. The van der Waals surface area contributed by atoms with Crippen molar-refractivity contribution in [3.63, 3.8) is 0 Å². The van der Waals surface area contributed by atoms with Gasteiger partial charge in [0.05, 0.1) is 4.90 Å². The smallest absolute Gasteiger partial charge is 0.241 e. The summed E-state index contributed by atoms with van der Waals surface area (Å²) in [5.41, 5.74) is 0.